The highest BCUT2D eigenvalue weighted by Gasteiger charge is 2.12. The van der Waals surface area contributed by atoms with Crippen LogP contribution in [0.5, 0.6) is 11.5 Å². The van der Waals surface area contributed by atoms with Crippen molar-refractivity contribution in [2.75, 3.05) is 13.7 Å². The van der Waals surface area contributed by atoms with Gasteiger partial charge in [-0.1, -0.05) is 6.07 Å². The number of methoxy groups -OCH3 is 1. The number of nitrogens with zero attached hydrogens (tertiary/aromatic N) is 2. The van der Waals surface area contributed by atoms with E-state index in [1.54, 1.807) is 17.7 Å². The Labute approximate surface area is 160 Å². The third-order valence-corrected chi connectivity index (χ3v) is 4.70. The Kier molecular flexibility index (Phi) is 4.73. The van der Waals surface area contributed by atoms with Gasteiger partial charge in [0.2, 0.25) is 0 Å². The molecular weight excluding hydrogens is 361 g/mol. The molecule has 6 nitrogen and oxygen atoms in total. The van der Waals surface area contributed by atoms with Crippen molar-refractivity contribution in [3.8, 4) is 11.5 Å². The molecule has 0 aliphatic rings. The van der Waals surface area contributed by atoms with Gasteiger partial charge < -0.3 is 14.5 Å². The van der Waals surface area contributed by atoms with E-state index in [1.165, 1.54) is 18.5 Å². The summed E-state index contributed by atoms with van der Waals surface area (Å²) in [5.41, 5.74) is 2.40. The number of nitrogens with one attached hydrogen (secondary N) is 1. The monoisotopic (exact) mass is 381 g/mol. The van der Waals surface area contributed by atoms with Crippen molar-refractivity contribution in [3.05, 3.63) is 64.5 Å². The third kappa shape index (κ3) is 3.19. The van der Waals surface area contributed by atoms with Crippen LogP contribution in [0.3, 0.4) is 0 Å². The lowest BCUT2D eigenvalue weighted by Crippen LogP contribution is -2.21. The van der Waals surface area contributed by atoms with Crippen LogP contribution in [0.15, 0.2) is 47.5 Å². The van der Waals surface area contributed by atoms with Gasteiger partial charge in [0.1, 0.15) is 16.9 Å². The van der Waals surface area contributed by atoms with Crippen LogP contribution in [0.4, 0.5) is 4.39 Å². The minimum absolute atomic E-state index is 0.180. The zero-order valence-electron chi connectivity index (χ0n) is 15.7. The molecule has 0 atom stereocenters. The van der Waals surface area contributed by atoms with Crippen molar-refractivity contribution in [2.45, 2.75) is 19.9 Å². The summed E-state index contributed by atoms with van der Waals surface area (Å²) in [7, 11) is 1.60. The van der Waals surface area contributed by atoms with Crippen molar-refractivity contribution in [1.29, 1.82) is 0 Å². The van der Waals surface area contributed by atoms with Gasteiger partial charge in [-0.2, -0.15) is 0 Å². The van der Waals surface area contributed by atoms with Crippen LogP contribution in [-0.4, -0.2) is 28.3 Å². The van der Waals surface area contributed by atoms with Gasteiger partial charge in [0.05, 0.1) is 20.0 Å². The molecule has 0 fully saturated rings. The lowest BCUT2D eigenvalue weighted by Gasteiger charge is -2.11. The van der Waals surface area contributed by atoms with E-state index < -0.39 is 0 Å². The summed E-state index contributed by atoms with van der Waals surface area (Å²) in [6, 6.07) is 10.1. The summed E-state index contributed by atoms with van der Waals surface area (Å²) in [6.45, 7) is 2.92. The van der Waals surface area contributed by atoms with E-state index in [0.29, 0.717) is 53.0 Å². The Hall–Kier alpha value is -3.35. The normalized spacial score (nSPS) is 11.2. The summed E-state index contributed by atoms with van der Waals surface area (Å²) in [4.78, 5) is 20.3. The molecule has 0 saturated heterocycles. The lowest BCUT2D eigenvalue weighted by atomic mass is 10.1. The predicted molar refractivity (Wildman–Crippen MR) is 106 cm³/mol. The van der Waals surface area contributed by atoms with Gasteiger partial charge >= 0.3 is 0 Å². The fourth-order valence-electron chi connectivity index (χ4n) is 3.32. The number of aryl methyl sites for hydroxylation is 2. The van der Waals surface area contributed by atoms with Crippen LogP contribution in [0.2, 0.25) is 0 Å². The van der Waals surface area contributed by atoms with Crippen molar-refractivity contribution in [1.82, 2.24) is 14.5 Å². The number of aromatic amines is 1. The molecule has 2 heterocycles. The number of fused-ring (bicyclic) bond motifs is 3. The number of hydrogen-bond acceptors (Lipinski definition) is 4. The highest BCUT2D eigenvalue weighted by Crippen LogP contribution is 2.28. The molecule has 0 unspecified atom stereocenters. The molecule has 2 aromatic carbocycles. The molecule has 0 bridgehead atoms. The molecule has 0 radical (unpaired) electrons. The minimum Gasteiger partial charge on any atom is -0.493 e. The smallest absolute Gasteiger partial charge is 0.277 e. The van der Waals surface area contributed by atoms with E-state index in [4.69, 9.17) is 9.47 Å². The number of H-pyrrole nitrogens is 1. The van der Waals surface area contributed by atoms with Crippen molar-refractivity contribution in [3.63, 3.8) is 0 Å². The maximum absolute atomic E-state index is 13.5. The first-order valence-corrected chi connectivity index (χ1v) is 9.06. The second kappa shape index (κ2) is 7.34. The lowest BCUT2D eigenvalue weighted by molar-refractivity contribution is 0.310. The predicted octanol–water partition coefficient (Wildman–Crippen LogP) is 3.67. The standard InChI is InChI=1S/C21H20FN3O3/c1-3-28-18-10-13(4-7-17(18)27-2)8-9-25-12-23-19-15-11-14(22)5-6-16(15)24-20(19)21(25)26/h4-7,10-12,24H,3,8-9H2,1-2H3. The molecule has 0 spiro atoms. The summed E-state index contributed by atoms with van der Waals surface area (Å²) >= 11 is 0. The fourth-order valence-corrected chi connectivity index (χ4v) is 3.32. The average Bonchev–Trinajstić information content (AvgIpc) is 3.07. The Morgan fingerprint density at radius 2 is 2.04 bits per heavy atom. The Bertz CT molecular complexity index is 1210. The van der Waals surface area contributed by atoms with E-state index in [2.05, 4.69) is 9.97 Å². The maximum atomic E-state index is 13.5. The van der Waals surface area contributed by atoms with Crippen LogP contribution < -0.4 is 15.0 Å². The largest absolute Gasteiger partial charge is 0.493 e. The first-order valence-electron chi connectivity index (χ1n) is 9.06. The summed E-state index contributed by atoms with van der Waals surface area (Å²) < 4.78 is 26.0. The number of halogens is 1. The number of benzene rings is 2. The summed E-state index contributed by atoms with van der Waals surface area (Å²) in [6.07, 6.45) is 2.14. The van der Waals surface area contributed by atoms with Crippen LogP contribution in [0.25, 0.3) is 21.9 Å². The molecule has 144 valence electrons. The number of aromatic nitrogens is 3. The van der Waals surface area contributed by atoms with Gasteiger partial charge in [-0.3, -0.25) is 9.36 Å². The molecular formula is C21H20FN3O3. The van der Waals surface area contributed by atoms with Crippen LogP contribution in [0.1, 0.15) is 12.5 Å². The van der Waals surface area contributed by atoms with Crippen LogP contribution >= 0.6 is 0 Å². The zero-order valence-corrected chi connectivity index (χ0v) is 15.7. The molecule has 0 aliphatic carbocycles. The summed E-state index contributed by atoms with van der Waals surface area (Å²) in [5.74, 6) is 1.00. The topological polar surface area (TPSA) is 69.1 Å². The van der Waals surface area contributed by atoms with Crippen molar-refractivity contribution < 1.29 is 13.9 Å². The highest BCUT2D eigenvalue weighted by atomic mass is 19.1. The van der Waals surface area contributed by atoms with Gasteiger partial charge in [0, 0.05) is 17.4 Å². The highest BCUT2D eigenvalue weighted by molar-refractivity contribution is 6.04. The van der Waals surface area contributed by atoms with Gasteiger partial charge in [0.15, 0.2) is 11.5 Å². The van der Waals surface area contributed by atoms with Gasteiger partial charge in [-0.25, -0.2) is 9.37 Å². The second-order valence-electron chi connectivity index (χ2n) is 6.45. The van der Waals surface area contributed by atoms with E-state index in [1.807, 2.05) is 25.1 Å². The van der Waals surface area contributed by atoms with Crippen LogP contribution in [-0.2, 0) is 13.0 Å². The zero-order chi connectivity index (χ0) is 19.7. The first kappa shape index (κ1) is 18.0. The molecule has 0 amide bonds. The van der Waals surface area contributed by atoms with Gasteiger partial charge in [-0.15, -0.1) is 0 Å². The molecule has 0 saturated carbocycles. The quantitative estimate of drug-likeness (QED) is 0.553. The molecule has 1 N–H and O–H groups in total. The second-order valence-corrected chi connectivity index (χ2v) is 6.45. The van der Waals surface area contributed by atoms with Crippen molar-refractivity contribution in [2.24, 2.45) is 0 Å². The molecule has 4 aromatic rings. The van der Waals surface area contributed by atoms with Gasteiger partial charge in [-0.05, 0) is 49.2 Å². The molecule has 7 heteroatoms. The Morgan fingerprint density at radius 1 is 1.18 bits per heavy atom. The molecule has 2 aromatic heterocycles. The Morgan fingerprint density at radius 3 is 2.82 bits per heavy atom. The van der Waals surface area contributed by atoms with Crippen molar-refractivity contribution >= 4 is 21.9 Å². The van der Waals surface area contributed by atoms with Crippen LogP contribution in [0, 0.1) is 5.82 Å². The maximum Gasteiger partial charge on any atom is 0.277 e. The Balaban J connectivity index is 1.63. The molecule has 28 heavy (non-hydrogen) atoms. The third-order valence-electron chi connectivity index (χ3n) is 4.70. The number of rotatable bonds is 6. The van der Waals surface area contributed by atoms with E-state index >= 15 is 0 Å². The first-order chi connectivity index (χ1) is 13.6. The van der Waals surface area contributed by atoms with Gasteiger partial charge in [0.25, 0.3) is 5.56 Å². The van der Waals surface area contributed by atoms with E-state index in [-0.39, 0.29) is 11.4 Å². The number of ether oxygens (including phenoxy) is 2. The fraction of sp³-hybridized carbons (Fsp3) is 0.238. The molecule has 4 rings (SSSR count). The average molecular weight is 381 g/mol. The SMILES string of the molecule is CCOc1cc(CCn2cnc3c([nH]c4ccc(F)cc43)c2=O)ccc1OC. The molecule has 0 aliphatic heterocycles. The van der Waals surface area contributed by atoms with E-state index in [9.17, 15) is 9.18 Å². The number of hydrogen-bond donors (Lipinski definition) is 1. The minimum atomic E-state index is -0.357. The summed E-state index contributed by atoms with van der Waals surface area (Å²) in [5, 5.41) is 0.607. The van der Waals surface area contributed by atoms with E-state index in [0.717, 1.165) is 5.56 Å².